The maximum atomic E-state index is 13.3. The first-order valence-corrected chi connectivity index (χ1v) is 9.63. The summed E-state index contributed by atoms with van der Waals surface area (Å²) in [5, 5.41) is 12.7. The predicted octanol–water partition coefficient (Wildman–Crippen LogP) is 4.10. The molecule has 160 valence electrons. The molecular weight excluding hydrogens is 385 g/mol. The van der Waals surface area contributed by atoms with Crippen LogP contribution in [0, 0.1) is 22.7 Å². The summed E-state index contributed by atoms with van der Waals surface area (Å²) in [5.41, 5.74) is -1.40. The number of nitrogens with zero attached hydrogens (tertiary/aromatic N) is 1. The van der Waals surface area contributed by atoms with E-state index < -0.39 is 41.1 Å². The lowest BCUT2D eigenvalue weighted by molar-refractivity contribution is -0.151. The van der Waals surface area contributed by atoms with Gasteiger partial charge in [-0.05, 0) is 34.9 Å². The van der Waals surface area contributed by atoms with E-state index in [-0.39, 0.29) is 22.9 Å². The molecule has 0 spiro atoms. The van der Waals surface area contributed by atoms with Gasteiger partial charge < -0.3 is 15.3 Å². The van der Waals surface area contributed by atoms with Crippen LogP contribution in [0.3, 0.4) is 0 Å². The van der Waals surface area contributed by atoms with Gasteiger partial charge in [0.2, 0.25) is 5.91 Å². The van der Waals surface area contributed by atoms with Crippen LogP contribution in [0.5, 0.6) is 0 Å². The number of fused-ring (bicyclic) bond motifs is 1. The molecule has 0 bridgehead atoms. The molecule has 1 saturated carbocycles. The zero-order valence-corrected chi connectivity index (χ0v) is 17.2. The van der Waals surface area contributed by atoms with Gasteiger partial charge in [0.25, 0.3) is 0 Å². The molecule has 1 aromatic carbocycles. The smallest absolute Gasteiger partial charge is 0.416 e. The maximum absolute atomic E-state index is 13.3. The second kappa shape index (κ2) is 6.64. The summed E-state index contributed by atoms with van der Waals surface area (Å²) in [6.45, 7) is 9.75. The number of piperidine rings is 1. The van der Waals surface area contributed by atoms with Gasteiger partial charge in [0.05, 0.1) is 5.56 Å². The average molecular weight is 412 g/mol. The van der Waals surface area contributed by atoms with Crippen molar-refractivity contribution >= 4 is 17.6 Å². The molecule has 1 saturated heterocycles. The number of carbonyl (C=O) groups is 2. The van der Waals surface area contributed by atoms with Crippen molar-refractivity contribution in [1.82, 2.24) is 4.90 Å². The molecule has 8 heteroatoms. The molecule has 1 aliphatic heterocycles. The molecule has 5 nitrogen and oxygen atoms in total. The highest BCUT2D eigenvalue weighted by molar-refractivity contribution is 5.91. The maximum Gasteiger partial charge on any atom is 0.416 e. The summed E-state index contributed by atoms with van der Waals surface area (Å²) in [6.07, 6.45) is -4.49. The van der Waals surface area contributed by atoms with Crippen molar-refractivity contribution in [1.29, 1.82) is 0 Å². The number of aliphatic carboxylic acids is 1. The summed E-state index contributed by atoms with van der Waals surface area (Å²) >= 11 is 0. The van der Waals surface area contributed by atoms with Crippen LogP contribution in [0.4, 0.5) is 18.9 Å². The van der Waals surface area contributed by atoms with E-state index in [4.69, 9.17) is 0 Å². The van der Waals surface area contributed by atoms with Crippen molar-refractivity contribution in [2.45, 2.75) is 52.9 Å². The van der Waals surface area contributed by atoms with Crippen molar-refractivity contribution < 1.29 is 27.9 Å². The Morgan fingerprint density at radius 3 is 2.38 bits per heavy atom. The van der Waals surface area contributed by atoms with Crippen LogP contribution in [0.15, 0.2) is 24.3 Å². The highest BCUT2D eigenvalue weighted by Gasteiger charge is 2.70. The summed E-state index contributed by atoms with van der Waals surface area (Å²) in [6, 6.07) is 2.91. The number of nitrogens with one attached hydrogen (secondary N) is 1. The predicted molar refractivity (Wildman–Crippen MR) is 102 cm³/mol. The molecular formula is C21H27F3N2O3. The van der Waals surface area contributed by atoms with E-state index in [1.54, 1.807) is 20.8 Å². The highest BCUT2D eigenvalue weighted by Crippen LogP contribution is 2.65. The molecule has 3 rings (SSSR count). The van der Waals surface area contributed by atoms with E-state index in [0.717, 1.165) is 12.1 Å². The molecule has 0 aromatic heterocycles. The van der Waals surface area contributed by atoms with Gasteiger partial charge in [-0.1, -0.05) is 40.7 Å². The van der Waals surface area contributed by atoms with Crippen molar-refractivity contribution in [2.75, 3.05) is 11.9 Å². The number of rotatable bonds is 4. The van der Waals surface area contributed by atoms with Crippen molar-refractivity contribution in [3.63, 3.8) is 0 Å². The molecule has 4 atom stereocenters. The number of carbonyl (C=O) groups excluding carboxylic acids is 1. The SMILES string of the molecule is CC(C)(C)C(Nc1cccc(C(F)(F)F)c1)C(=O)N1C[C@H]2[C@@H]([C@H]1C(=O)O)C2(C)C. The second-order valence-corrected chi connectivity index (χ2v) is 9.75. The van der Waals surface area contributed by atoms with Crippen molar-refractivity contribution in [2.24, 2.45) is 22.7 Å². The Balaban J connectivity index is 1.87. The van der Waals surface area contributed by atoms with E-state index in [0.29, 0.717) is 6.54 Å². The average Bonchev–Trinajstić information content (AvgIpc) is 2.94. The first-order chi connectivity index (χ1) is 13.2. The Morgan fingerprint density at radius 2 is 1.86 bits per heavy atom. The van der Waals surface area contributed by atoms with E-state index in [1.165, 1.54) is 17.0 Å². The normalized spacial score (nSPS) is 26.6. The number of hydrogen-bond acceptors (Lipinski definition) is 3. The molecule has 1 aliphatic carbocycles. The molecule has 0 radical (unpaired) electrons. The van der Waals surface area contributed by atoms with Crippen LogP contribution in [-0.2, 0) is 15.8 Å². The fraction of sp³-hybridized carbons (Fsp3) is 0.619. The first kappa shape index (κ1) is 21.5. The fourth-order valence-corrected chi connectivity index (χ4v) is 4.56. The third-order valence-electron chi connectivity index (χ3n) is 6.36. The van der Waals surface area contributed by atoms with E-state index in [2.05, 4.69) is 5.32 Å². The Bertz CT molecular complexity index is 829. The lowest BCUT2D eigenvalue weighted by Crippen LogP contribution is -2.54. The number of carboxylic acids is 1. The lowest BCUT2D eigenvalue weighted by Gasteiger charge is -2.37. The Labute approximate surface area is 168 Å². The van der Waals surface area contributed by atoms with Crippen LogP contribution < -0.4 is 5.32 Å². The second-order valence-electron chi connectivity index (χ2n) is 9.75. The fourth-order valence-electron chi connectivity index (χ4n) is 4.56. The number of benzene rings is 1. The standard InChI is InChI=1S/C21H27F3N2O3/c1-19(2,3)16(25-12-8-6-7-11(9-12)21(22,23)24)17(27)26-10-13-14(20(13,4)5)15(26)18(28)29/h6-9,13-16,25H,10H2,1-5H3,(H,28,29)/t13-,14-,15-,16?/m0/s1. The van der Waals surface area contributed by atoms with Gasteiger partial charge in [-0.2, -0.15) is 13.2 Å². The van der Waals surface area contributed by atoms with Crippen molar-refractivity contribution in [3.05, 3.63) is 29.8 Å². The number of hydrogen-bond donors (Lipinski definition) is 2. The van der Waals surface area contributed by atoms with Gasteiger partial charge in [-0.15, -0.1) is 0 Å². The zero-order valence-electron chi connectivity index (χ0n) is 17.2. The molecule has 1 aromatic rings. The van der Waals surface area contributed by atoms with Gasteiger partial charge in [0, 0.05) is 18.2 Å². The third-order valence-corrected chi connectivity index (χ3v) is 6.36. The topological polar surface area (TPSA) is 69.6 Å². The van der Waals surface area contributed by atoms with Gasteiger partial charge in [-0.25, -0.2) is 4.79 Å². The summed E-state index contributed by atoms with van der Waals surface area (Å²) in [4.78, 5) is 26.6. The van der Waals surface area contributed by atoms with Gasteiger partial charge >= 0.3 is 12.1 Å². The van der Waals surface area contributed by atoms with Gasteiger partial charge in [-0.3, -0.25) is 4.79 Å². The monoisotopic (exact) mass is 412 g/mol. The number of anilines is 1. The van der Waals surface area contributed by atoms with E-state index in [9.17, 15) is 27.9 Å². The van der Waals surface area contributed by atoms with Crippen LogP contribution in [0.25, 0.3) is 0 Å². The molecule has 2 fully saturated rings. The van der Waals surface area contributed by atoms with E-state index >= 15 is 0 Å². The quantitative estimate of drug-likeness (QED) is 0.781. The number of carboxylic acid groups (broad SMARTS) is 1. The van der Waals surface area contributed by atoms with Crippen LogP contribution in [0.2, 0.25) is 0 Å². The minimum Gasteiger partial charge on any atom is -0.480 e. The first-order valence-electron chi connectivity index (χ1n) is 9.63. The van der Waals surface area contributed by atoms with Crippen LogP contribution in [-0.4, -0.2) is 40.5 Å². The van der Waals surface area contributed by atoms with E-state index in [1.807, 2.05) is 13.8 Å². The van der Waals surface area contributed by atoms with Crippen molar-refractivity contribution in [3.8, 4) is 0 Å². The lowest BCUT2D eigenvalue weighted by atomic mass is 9.85. The Kier molecular flexibility index (Phi) is 4.91. The van der Waals surface area contributed by atoms with Crippen LogP contribution in [0.1, 0.15) is 40.2 Å². The minimum absolute atomic E-state index is 0.0990. The summed E-state index contributed by atoms with van der Waals surface area (Å²) in [7, 11) is 0. The zero-order chi connectivity index (χ0) is 21.9. The minimum atomic E-state index is -4.49. The largest absolute Gasteiger partial charge is 0.480 e. The Morgan fingerprint density at radius 1 is 1.24 bits per heavy atom. The Hall–Kier alpha value is -2.25. The van der Waals surface area contributed by atoms with Crippen LogP contribution >= 0.6 is 0 Å². The molecule has 1 amide bonds. The number of amides is 1. The van der Waals surface area contributed by atoms with Gasteiger partial charge in [0.15, 0.2) is 0 Å². The number of likely N-dealkylation sites (tertiary alicyclic amines) is 1. The number of alkyl halides is 3. The van der Waals surface area contributed by atoms with Gasteiger partial charge in [0.1, 0.15) is 12.1 Å². The summed E-state index contributed by atoms with van der Waals surface area (Å²) < 4.78 is 39.1. The molecule has 1 unspecified atom stereocenters. The molecule has 1 heterocycles. The third kappa shape index (κ3) is 3.81. The highest BCUT2D eigenvalue weighted by atomic mass is 19.4. The number of halogens is 3. The molecule has 2 N–H and O–H groups in total. The summed E-state index contributed by atoms with van der Waals surface area (Å²) in [5.74, 6) is -1.41. The molecule has 29 heavy (non-hydrogen) atoms. The molecule has 2 aliphatic rings.